The van der Waals surface area contributed by atoms with Crippen molar-refractivity contribution in [3.8, 4) is 0 Å². The van der Waals surface area contributed by atoms with Crippen LogP contribution in [0.5, 0.6) is 0 Å². The molecule has 0 aliphatic carbocycles. The summed E-state index contributed by atoms with van der Waals surface area (Å²) in [5.74, 6) is 0.213. The van der Waals surface area contributed by atoms with Crippen LogP contribution in [0.1, 0.15) is 23.7 Å². The van der Waals surface area contributed by atoms with E-state index in [2.05, 4.69) is 10.2 Å². The highest BCUT2D eigenvalue weighted by atomic mass is 16.6. The van der Waals surface area contributed by atoms with E-state index >= 15 is 0 Å². The molecule has 1 aromatic carbocycles. The minimum Gasteiger partial charge on any atom is -0.381 e. The maximum atomic E-state index is 11.5. The summed E-state index contributed by atoms with van der Waals surface area (Å²) in [7, 11) is 0. The molecular formula is C18H25N3O5. The van der Waals surface area contributed by atoms with Gasteiger partial charge in [0.05, 0.1) is 24.7 Å². The zero-order valence-electron chi connectivity index (χ0n) is 15.0. The number of rotatable bonds is 7. The van der Waals surface area contributed by atoms with Gasteiger partial charge in [-0.15, -0.1) is 0 Å². The van der Waals surface area contributed by atoms with Gasteiger partial charge in [0.2, 0.25) is 0 Å². The minimum absolute atomic E-state index is 0.0684. The summed E-state index contributed by atoms with van der Waals surface area (Å²) in [6, 6.07) is 4.82. The molecule has 8 nitrogen and oxygen atoms in total. The zero-order chi connectivity index (χ0) is 18.5. The predicted molar refractivity (Wildman–Crippen MR) is 96.7 cm³/mol. The Morgan fingerprint density at radius 1 is 1.35 bits per heavy atom. The van der Waals surface area contributed by atoms with Crippen molar-refractivity contribution in [3.63, 3.8) is 0 Å². The minimum atomic E-state index is -0.447. The number of nitro groups is 1. The molecular weight excluding hydrogens is 338 g/mol. The van der Waals surface area contributed by atoms with Crippen LogP contribution in [-0.4, -0.2) is 67.7 Å². The van der Waals surface area contributed by atoms with E-state index in [1.165, 1.54) is 13.0 Å². The van der Waals surface area contributed by atoms with Gasteiger partial charge in [0.1, 0.15) is 5.69 Å². The van der Waals surface area contributed by atoms with Crippen LogP contribution in [0.2, 0.25) is 0 Å². The molecule has 0 saturated carbocycles. The fraction of sp³-hybridized carbons (Fsp3) is 0.611. The largest absolute Gasteiger partial charge is 0.381 e. The zero-order valence-corrected chi connectivity index (χ0v) is 15.0. The predicted octanol–water partition coefficient (Wildman–Crippen LogP) is 1.95. The molecule has 0 aromatic heterocycles. The van der Waals surface area contributed by atoms with E-state index in [0.29, 0.717) is 36.9 Å². The number of hydrogen-bond acceptors (Lipinski definition) is 7. The smallest absolute Gasteiger partial charge is 0.293 e. The van der Waals surface area contributed by atoms with Crippen molar-refractivity contribution in [2.45, 2.75) is 19.4 Å². The Bertz CT molecular complexity index is 654. The van der Waals surface area contributed by atoms with E-state index in [4.69, 9.17) is 9.47 Å². The van der Waals surface area contributed by atoms with Crippen LogP contribution in [0, 0.1) is 16.0 Å². The number of ketones is 1. The summed E-state index contributed by atoms with van der Waals surface area (Å²) in [6.07, 6.45) is 0.995. The highest BCUT2D eigenvalue weighted by molar-refractivity contribution is 5.95. The average molecular weight is 363 g/mol. The molecule has 142 valence electrons. The average Bonchev–Trinajstić information content (AvgIpc) is 3.17. The molecule has 2 fully saturated rings. The van der Waals surface area contributed by atoms with Gasteiger partial charge in [0.25, 0.3) is 5.69 Å². The second-order valence-corrected chi connectivity index (χ2v) is 6.77. The summed E-state index contributed by atoms with van der Waals surface area (Å²) in [5, 5.41) is 14.7. The molecule has 0 bridgehead atoms. The summed E-state index contributed by atoms with van der Waals surface area (Å²) in [5.41, 5.74) is 0.717. The SMILES string of the molecule is CC(=O)c1ccc(NC[C@H]([C@@H]2CCOC2)N2CCOCC2)c([N+](=O)[O-])c1. The summed E-state index contributed by atoms with van der Waals surface area (Å²) < 4.78 is 11.0. The molecule has 2 aliphatic heterocycles. The third-order valence-electron chi connectivity index (χ3n) is 5.13. The Kier molecular flexibility index (Phi) is 6.18. The number of nitrogens with zero attached hydrogens (tertiary/aromatic N) is 2. The molecule has 1 N–H and O–H groups in total. The highest BCUT2D eigenvalue weighted by Gasteiger charge is 2.32. The standard InChI is InChI=1S/C18H25N3O5/c1-13(22)14-2-3-16(17(10-14)21(23)24)19-11-18(15-4-7-26-12-15)20-5-8-25-9-6-20/h2-3,10,15,18-19H,4-9,11-12H2,1H3/t15-,18-/m1/s1. The Labute approximate surface area is 152 Å². The number of benzene rings is 1. The van der Waals surface area contributed by atoms with Gasteiger partial charge in [-0.2, -0.15) is 0 Å². The van der Waals surface area contributed by atoms with Gasteiger partial charge in [-0.05, 0) is 25.5 Å². The second kappa shape index (κ2) is 8.57. The van der Waals surface area contributed by atoms with E-state index in [1.807, 2.05) is 0 Å². The number of morpholine rings is 1. The topological polar surface area (TPSA) is 93.9 Å². The molecule has 26 heavy (non-hydrogen) atoms. The molecule has 2 aliphatic rings. The van der Waals surface area contributed by atoms with Gasteiger partial charge < -0.3 is 14.8 Å². The normalized spacial score (nSPS) is 22.1. The van der Waals surface area contributed by atoms with Crippen molar-refractivity contribution in [2.24, 2.45) is 5.92 Å². The molecule has 0 amide bonds. The van der Waals surface area contributed by atoms with Crippen LogP contribution in [0.4, 0.5) is 11.4 Å². The first-order valence-electron chi connectivity index (χ1n) is 8.99. The van der Waals surface area contributed by atoms with Gasteiger partial charge in [0.15, 0.2) is 5.78 Å². The van der Waals surface area contributed by atoms with Crippen LogP contribution in [0.25, 0.3) is 0 Å². The second-order valence-electron chi connectivity index (χ2n) is 6.77. The number of hydrogen-bond donors (Lipinski definition) is 1. The lowest BCUT2D eigenvalue weighted by Gasteiger charge is -2.37. The molecule has 8 heteroatoms. The van der Waals surface area contributed by atoms with Gasteiger partial charge in [0, 0.05) is 49.8 Å². The Morgan fingerprint density at radius 2 is 2.12 bits per heavy atom. The Hall–Kier alpha value is -2.03. The van der Waals surface area contributed by atoms with Crippen molar-refractivity contribution in [1.29, 1.82) is 0 Å². The molecule has 0 unspecified atom stereocenters. The van der Waals surface area contributed by atoms with Crippen LogP contribution < -0.4 is 5.32 Å². The van der Waals surface area contributed by atoms with Gasteiger partial charge in [-0.3, -0.25) is 19.8 Å². The van der Waals surface area contributed by atoms with Crippen LogP contribution in [-0.2, 0) is 9.47 Å². The van der Waals surface area contributed by atoms with Gasteiger partial charge >= 0.3 is 0 Å². The number of carbonyl (C=O) groups excluding carboxylic acids is 1. The number of carbonyl (C=O) groups is 1. The first kappa shape index (κ1) is 18.8. The maximum Gasteiger partial charge on any atom is 0.293 e. The Morgan fingerprint density at radius 3 is 2.73 bits per heavy atom. The van der Waals surface area contributed by atoms with E-state index in [1.54, 1.807) is 12.1 Å². The number of nitrogens with one attached hydrogen (secondary N) is 1. The molecule has 3 rings (SSSR count). The first-order valence-corrected chi connectivity index (χ1v) is 8.99. The van der Waals surface area contributed by atoms with Gasteiger partial charge in [-0.1, -0.05) is 0 Å². The van der Waals surface area contributed by atoms with Crippen molar-refractivity contribution < 1.29 is 19.2 Å². The molecule has 2 atom stereocenters. The molecule has 2 saturated heterocycles. The monoisotopic (exact) mass is 363 g/mol. The highest BCUT2D eigenvalue weighted by Crippen LogP contribution is 2.28. The number of nitro benzene ring substituents is 1. The van der Waals surface area contributed by atoms with Gasteiger partial charge in [-0.25, -0.2) is 0 Å². The maximum absolute atomic E-state index is 11.5. The molecule has 0 radical (unpaired) electrons. The van der Waals surface area contributed by atoms with Crippen LogP contribution in [0.3, 0.4) is 0 Å². The van der Waals surface area contributed by atoms with E-state index in [0.717, 1.165) is 32.7 Å². The van der Waals surface area contributed by atoms with Crippen molar-refractivity contribution >= 4 is 17.2 Å². The molecule has 1 aromatic rings. The number of ether oxygens (including phenoxy) is 2. The molecule has 2 heterocycles. The lowest BCUT2D eigenvalue weighted by molar-refractivity contribution is -0.384. The lowest BCUT2D eigenvalue weighted by Crippen LogP contribution is -2.50. The van der Waals surface area contributed by atoms with Crippen molar-refractivity contribution in [1.82, 2.24) is 4.90 Å². The third-order valence-corrected chi connectivity index (χ3v) is 5.13. The fourth-order valence-corrected chi connectivity index (χ4v) is 3.62. The van der Waals surface area contributed by atoms with Crippen LogP contribution in [0.15, 0.2) is 18.2 Å². The van der Waals surface area contributed by atoms with E-state index < -0.39 is 4.92 Å². The number of Topliss-reactive ketones (excluding diaryl/α,β-unsaturated/α-hetero) is 1. The molecule has 0 spiro atoms. The summed E-state index contributed by atoms with van der Waals surface area (Å²) in [4.78, 5) is 24.8. The van der Waals surface area contributed by atoms with Crippen LogP contribution >= 0.6 is 0 Å². The van der Waals surface area contributed by atoms with Crippen molar-refractivity contribution in [2.75, 3.05) is 51.4 Å². The van der Waals surface area contributed by atoms with Crippen molar-refractivity contribution in [3.05, 3.63) is 33.9 Å². The number of anilines is 1. The Balaban J connectivity index is 1.75. The lowest BCUT2D eigenvalue weighted by atomic mass is 9.96. The third kappa shape index (κ3) is 4.38. The summed E-state index contributed by atoms with van der Waals surface area (Å²) in [6.45, 7) is 6.60. The summed E-state index contributed by atoms with van der Waals surface area (Å²) >= 11 is 0. The quantitative estimate of drug-likeness (QED) is 0.449. The fourth-order valence-electron chi connectivity index (χ4n) is 3.62. The van der Waals surface area contributed by atoms with E-state index in [-0.39, 0.29) is 17.5 Å². The van der Waals surface area contributed by atoms with E-state index in [9.17, 15) is 14.9 Å². The first-order chi connectivity index (χ1) is 12.6.